The van der Waals surface area contributed by atoms with E-state index in [9.17, 15) is 9.90 Å². The van der Waals surface area contributed by atoms with E-state index in [0.29, 0.717) is 0 Å². The van der Waals surface area contributed by atoms with Gasteiger partial charge >= 0.3 is 11.9 Å². The second kappa shape index (κ2) is 4.63. The summed E-state index contributed by atoms with van der Waals surface area (Å²) >= 11 is 0. The lowest BCUT2D eigenvalue weighted by molar-refractivity contribution is -0.221. The lowest BCUT2D eigenvalue weighted by Crippen LogP contribution is -2.43. The standard InChI is InChI=1S/C6H13N3O4/c1-3-13-6(11,4(10)12-2)9-5(7)8/h11H,3H2,1-2H3,(H4,7,8,9). The summed E-state index contributed by atoms with van der Waals surface area (Å²) in [6.45, 7) is 1.62. The van der Waals surface area contributed by atoms with E-state index in [1.165, 1.54) is 0 Å². The Morgan fingerprint density at radius 3 is 2.46 bits per heavy atom. The molecule has 13 heavy (non-hydrogen) atoms. The Hall–Kier alpha value is -1.34. The van der Waals surface area contributed by atoms with Gasteiger partial charge in [-0.25, -0.2) is 4.79 Å². The van der Waals surface area contributed by atoms with Crippen molar-refractivity contribution >= 4 is 11.9 Å². The SMILES string of the molecule is CCOC(O)(N=C(N)N)C(=O)OC. The maximum absolute atomic E-state index is 10.9. The number of aliphatic hydroxyl groups is 1. The molecule has 0 spiro atoms. The van der Waals surface area contributed by atoms with Crippen molar-refractivity contribution in [2.75, 3.05) is 13.7 Å². The molecule has 0 aliphatic heterocycles. The molecule has 76 valence electrons. The van der Waals surface area contributed by atoms with E-state index in [0.717, 1.165) is 7.11 Å². The topological polar surface area (TPSA) is 120 Å². The molecule has 0 aliphatic rings. The first-order valence-corrected chi connectivity index (χ1v) is 3.51. The first kappa shape index (κ1) is 11.7. The number of carbonyl (C=O) groups is 1. The van der Waals surface area contributed by atoms with Gasteiger partial charge in [-0.05, 0) is 6.92 Å². The third-order valence-electron chi connectivity index (χ3n) is 1.08. The average Bonchev–Trinajstić information content (AvgIpc) is 2.02. The van der Waals surface area contributed by atoms with Crippen LogP contribution in [0, 0.1) is 0 Å². The van der Waals surface area contributed by atoms with Crippen molar-refractivity contribution in [2.24, 2.45) is 16.5 Å². The van der Waals surface area contributed by atoms with E-state index in [-0.39, 0.29) is 6.61 Å². The zero-order valence-corrected chi connectivity index (χ0v) is 7.48. The fraction of sp³-hybridized carbons (Fsp3) is 0.667. The van der Waals surface area contributed by atoms with E-state index >= 15 is 0 Å². The third-order valence-corrected chi connectivity index (χ3v) is 1.08. The highest BCUT2D eigenvalue weighted by molar-refractivity contribution is 5.83. The van der Waals surface area contributed by atoms with Crippen LogP contribution < -0.4 is 11.5 Å². The lowest BCUT2D eigenvalue weighted by atomic mass is 10.5. The Morgan fingerprint density at radius 1 is 1.62 bits per heavy atom. The summed E-state index contributed by atoms with van der Waals surface area (Å²) in [6.07, 6.45) is 0. The van der Waals surface area contributed by atoms with Crippen molar-refractivity contribution in [2.45, 2.75) is 12.8 Å². The molecule has 0 heterocycles. The summed E-state index contributed by atoms with van der Waals surface area (Å²) in [6, 6.07) is 0. The molecule has 0 aromatic rings. The number of hydrogen-bond acceptors (Lipinski definition) is 5. The van der Waals surface area contributed by atoms with Crippen LogP contribution in [0.4, 0.5) is 0 Å². The number of esters is 1. The van der Waals surface area contributed by atoms with Gasteiger partial charge in [0.1, 0.15) is 0 Å². The quantitative estimate of drug-likeness (QED) is 0.207. The number of nitrogens with zero attached hydrogens (tertiary/aromatic N) is 1. The van der Waals surface area contributed by atoms with Crippen molar-refractivity contribution in [3.8, 4) is 0 Å². The molecule has 0 saturated heterocycles. The Kier molecular flexibility index (Phi) is 4.15. The van der Waals surface area contributed by atoms with Crippen molar-refractivity contribution in [1.29, 1.82) is 0 Å². The summed E-state index contributed by atoms with van der Waals surface area (Å²) in [5, 5.41) is 9.41. The van der Waals surface area contributed by atoms with Crippen molar-refractivity contribution in [1.82, 2.24) is 0 Å². The van der Waals surface area contributed by atoms with Crippen molar-refractivity contribution in [3.05, 3.63) is 0 Å². The average molecular weight is 191 g/mol. The Bertz CT molecular complexity index is 214. The molecule has 0 aromatic carbocycles. The molecular formula is C6H13N3O4. The molecule has 0 fully saturated rings. The summed E-state index contributed by atoms with van der Waals surface area (Å²) < 4.78 is 8.86. The van der Waals surface area contributed by atoms with Crippen LogP contribution in [0.1, 0.15) is 6.92 Å². The summed E-state index contributed by atoms with van der Waals surface area (Å²) in [7, 11) is 1.08. The van der Waals surface area contributed by atoms with Crippen LogP contribution in [0.5, 0.6) is 0 Å². The number of nitrogens with two attached hydrogens (primary N) is 2. The maximum atomic E-state index is 10.9. The Morgan fingerprint density at radius 2 is 2.15 bits per heavy atom. The van der Waals surface area contributed by atoms with Gasteiger partial charge in [0.05, 0.1) is 7.11 Å². The first-order valence-electron chi connectivity index (χ1n) is 3.51. The van der Waals surface area contributed by atoms with Gasteiger partial charge < -0.3 is 26.0 Å². The Balaban J connectivity index is 4.72. The van der Waals surface area contributed by atoms with E-state index in [4.69, 9.17) is 11.5 Å². The number of guanidine groups is 1. The summed E-state index contributed by atoms with van der Waals surface area (Å²) in [4.78, 5) is 14.1. The van der Waals surface area contributed by atoms with Crippen LogP contribution in [0.2, 0.25) is 0 Å². The van der Waals surface area contributed by atoms with Crippen LogP contribution >= 0.6 is 0 Å². The predicted octanol–water partition coefficient (Wildman–Crippen LogP) is -1.88. The molecule has 0 saturated carbocycles. The second-order valence-corrected chi connectivity index (χ2v) is 2.07. The lowest BCUT2D eigenvalue weighted by Gasteiger charge is -2.19. The fourth-order valence-corrected chi connectivity index (χ4v) is 0.646. The molecule has 0 radical (unpaired) electrons. The number of methoxy groups -OCH3 is 1. The van der Waals surface area contributed by atoms with Crippen LogP contribution in [-0.4, -0.2) is 36.7 Å². The minimum Gasteiger partial charge on any atom is -0.463 e. The van der Waals surface area contributed by atoms with Gasteiger partial charge in [-0.15, -0.1) is 0 Å². The van der Waals surface area contributed by atoms with E-state index in [1.54, 1.807) is 6.92 Å². The molecule has 7 nitrogen and oxygen atoms in total. The minimum absolute atomic E-state index is 0.0579. The molecule has 1 unspecified atom stereocenters. The van der Waals surface area contributed by atoms with Gasteiger partial charge in [-0.3, -0.25) is 0 Å². The number of carbonyl (C=O) groups excluding carboxylic acids is 1. The number of rotatable bonds is 4. The van der Waals surface area contributed by atoms with Gasteiger partial charge in [-0.1, -0.05) is 0 Å². The number of aliphatic imine (C=N–C) groups is 1. The minimum atomic E-state index is -2.44. The largest absolute Gasteiger partial charge is 0.463 e. The monoisotopic (exact) mass is 191 g/mol. The van der Waals surface area contributed by atoms with Gasteiger partial charge in [-0.2, -0.15) is 4.99 Å². The highest BCUT2D eigenvalue weighted by Gasteiger charge is 2.38. The molecule has 0 aliphatic carbocycles. The molecular weight excluding hydrogens is 178 g/mol. The van der Waals surface area contributed by atoms with Gasteiger partial charge in [0, 0.05) is 6.61 Å². The highest BCUT2D eigenvalue weighted by Crippen LogP contribution is 2.10. The second-order valence-electron chi connectivity index (χ2n) is 2.07. The fourth-order valence-electron chi connectivity index (χ4n) is 0.646. The predicted molar refractivity (Wildman–Crippen MR) is 44.4 cm³/mol. The normalized spacial score (nSPS) is 14.4. The maximum Gasteiger partial charge on any atom is 0.392 e. The molecule has 1 atom stereocenters. The molecule has 0 aromatic heterocycles. The van der Waals surface area contributed by atoms with Crippen molar-refractivity contribution < 1.29 is 19.4 Å². The van der Waals surface area contributed by atoms with Crippen molar-refractivity contribution in [3.63, 3.8) is 0 Å². The summed E-state index contributed by atoms with van der Waals surface area (Å²) in [5.41, 5.74) is 9.96. The van der Waals surface area contributed by atoms with Crippen LogP contribution in [0.25, 0.3) is 0 Å². The van der Waals surface area contributed by atoms with E-state index in [2.05, 4.69) is 14.5 Å². The highest BCUT2D eigenvalue weighted by atomic mass is 16.7. The summed E-state index contributed by atoms with van der Waals surface area (Å²) in [5.74, 6) is -3.99. The molecule has 0 rings (SSSR count). The molecule has 0 bridgehead atoms. The molecule has 5 N–H and O–H groups in total. The van der Waals surface area contributed by atoms with E-state index < -0.39 is 17.8 Å². The Labute approximate surface area is 75.3 Å². The van der Waals surface area contributed by atoms with Gasteiger partial charge in [0.2, 0.25) is 0 Å². The molecule has 0 amide bonds. The molecule has 7 heteroatoms. The van der Waals surface area contributed by atoms with Crippen LogP contribution in [0.15, 0.2) is 4.99 Å². The number of hydrogen-bond donors (Lipinski definition) is 3. The first-order chi connectivity index (χ1) is 5.96. The van der Waals surface area contributed by atoms with Gasteiger partial charge in [0.15, 0.2) is 5.96 Å². The van der Waals surface area contributed by atoms with Gasteiger partial charge in [0.25, 0.3) is 0 Å². The van der Waals surface area contributed by atoms with Crippen LogP contribution in [-0.2, 0) is 14.3 Å². The van der Waals surface area contributed by atoms with E-state index in [1.807, 2.05) is 0 Å². The zero-order chi connectivity index (χ0) is 10.5. The zero-order valence-electron chi connectivity index (χ0n) is 7.48. The number of ether oxygens (including phenoxy) is 2. The smallest absolute Gasteiger partial charge is 0.392 e. The van der Waals surface area contributed by atoms with Crippen LogP contribution in [0.3, 0.4) is 0 Å². The third kappa shape index (κ3) is 3.26.